The van der Waals surface area contributed by atoms with Crippen molar-refractivity contribution in [1.82, 2.24) is 0 Å². The largest absolute Gasteiger partial charge is 0.506 e. The highest BCUT2D eigenvalue weighted by Gasteiger charge is 2.45. The lowest BCUT2D eigenvalue weighted by Gasteiger charge is -2.34. The van der Waals surface area contributed by atoms with Crippen LogP contribution in [-0.4, -0.2) is 10.2 Å². The van der Waals surface area contributed by atoms with Crippen molar-refractivity contribution in [3.05, 3.63) is 156 Å². The number of aromatic hydroxyl groups is 2. The third-order valence-electron chi connectivity index (χ3n) is 8.00. The molecule has 6 heteroatoms. The quantitative estimate of drug-likeness (QED) is 0.120. The average Bonchev–Trinajstić information content (AvgIpc) is 3.33. The van der Waals surface area contributed by atoms with E-state index in [0.29, 0.717) is 23.0 Å². The molecule has 0 atom stereocenters. The van der Waals surface area contributed by atoms with E-state index in [9.17, 15) is 10.2 Å². The van der Waals surface area contributed by atoms with Crippen LogP contribution in [0.4, 0.5) is 11.4 Å². The summed E-state index contributed by atoms with van der Waals surface area (Å²) in [5.41, 5.74) is 18.6. The molecule has 6 aromatic rings. The van der Waals surface area contributed by atoms with Gasteiger partial charge >= 0.3 is 0 Å². The van der Waals surface area contributed by atoms with E-state index in [0.717, 1.165) is 11.1 Å². The Morgan fingerprint density at radius 1 is 0.442 bits per heavy atom. The van der Waals surface area contributed by atoms with Gasteiger partial charge in [0.1, 0.15) is 34.5 Å². The highest BCUT2D eigenvalue weighted by atomic mass is 16.5. The van der Waals surface area contributed by atoms with Crippen LogP contribution in [0.25, 0.3) is 11.1 Å². The van der Waals surface area contributed by atoms with Gasteiger partial charge in [-0.2, -0.15) is 0 Å². The van der Waals surface area contributed by atoms with Gasteiger partial charge in [-0.15, -0.1) is 0 Å². The van der Waals surface area contributed by atoms with Crippen LogP contribution in [0.1, 0.15) is 22.3 Å². The van der Waals surface area contributed by atoms with E-state index in [1.54, 1.807) is 24.3 Å². The smallest absolute Gasteiger partial charge is 0.138 e. The fourth-order valence-corrected chi connectivity index (χ4v) is 6.03. The molecule has 6 aromatic carbocycles. The SMILES string of the molecule is Nc1cc(Oc2ccc(C3(c4ccc(Oc5ccc(O)c(N)c5)cc4)c4ccccc4-c4ccccc43)cc2)ccc1O. The number of fused-ring (bicyclic) bond motifs is 3. The number of hydrogen-bond donors (Lipinski definition) is 4. The van der Waals surface area contributed by atoms with Gasteiger partial charge in [-0.05, 0) is 81.9 Å². The van der Waals surface area contributed by atoms with Crippen LogP contribution in [0.15, 0.2) is 133 Å². The molecule has 0 aliphatic heterocycles. The van der Waals surface area contributed by atoms with Gasteiger partial charge < -0.3 is 31.2 Å². The van der Waals surface area contributed by atoms with E-state index in [4.69, 9.17) is 20.9 Å². The van der Waals surface area contributed by atoms with E-state index >= 15 is 0 Å². The second-order valence-electron chi connectivity index (χ2n) is 10.5. The van der Waals surface area contributed by atoms with Crippen LogP contribution in [-0.2, 0) is 5.41 Å². The van der Waals surface area contributed by atoms with Gasteiger partial charge in [0.25, 0.3) is 0 Å². The minimum atomic E-state index is -0.587. The first kappa shape index (κ1) is 26.0. The van der Waals surface area contributed by atoms with Crippen LogP contribution in [0, 0.1) is 0 Å². The zero-order chi connectivity index (χ0) is 29.6. The third kappa shape index (κ3) is 4.37. The van der Waals surface area contributed by atoms with Crippen LogP contribution in [0.5, 0.6) is 34.5 Å². The lowest BCUT2D eigenvalue weighted by atomic mass is 9.68. The van der Waals surface area contributed by atoms with E-state index in [1.165, 1.54) is 34.4 Å². The van der Waals surface area contributed by atoms with Crippen molar-refractivity contribution < 1.29 is 19.7 Å². The standard InChI is InChI=1S/C37H28N2O4/c38-33-21-27(17-19-35(33)40)42-25-13-9-23(10-14-25)37(31-7-3-1-5-29(31)30-6-2-4-8-32(30)37)24-11-15-26(16-12-24)43-28-18-20-36(41)34(39)22-28/h1-22,40-41H,38-39H2. The zero-order valence-electron chi connectivity index (χ0n) is 23.1. The van der Waals surface area contributed by atoms with Crippen molar-refractivity contribution >= 4 is 11.4 Å². The van der Waals surface area contributed by atoms with Gasteiger partial charge in [-0.25, -0.2) is 0 Å². The fourth-order valence-electron chi connectivity index (χ4n) is 6.03. The predicted molar refractivity (Wildman–Crippen MR) is 169 cm³/mol. The molecule has 0 fully saturated rings. The number of phenols is 2. The Bertz CT molecular complexity index is 1820. The van der Waals surface area contributed by atoms with Crippen molar-refractivity contribution in [3.8, 4) is 45.6 Å². The van der Waals surface area contributed by atoms with Gasteiger partial charge in [0.2, 0.25) is 0 Å². The predicted octanol–water partition coefficient (Wildman–Crippen LogP) is 8.21. The molecular formula is C37H28N2O4. The number of ether oxygens (including phenoxy) is 2. The molecule has 6 nitrogen and oxygen atoms in total. The number of hydrogen-bond acceptors (Lipinski definition) is 6. The van der Waals surface area contributed by atoms with Crippen molar-refractivity contribution in [2.24, 2.45) is 0 Å². The molecule has 0 unspecified atom stereocenters. The first-order valence-electron chi connectivity index (χ1n) is 13.9. The highest BCUT2D eigenvalue weighted by Crippen LogP contribution is 2.56. The molecule has 1 aliphatic rings. The van der Waals surface area contributed by atoms with Crippen LogP contribution in [0.3, 0.4) is 0 Å². The molecule has 1 aliphatic carbocycles. The molecule has 0 saturated heterocycles. The summed E-state index contributed by atoms with van der Waals surface area (Å²) >= 11 is 0. The Morgan fingerprint density at radius 2 is 0.814 bits per heavy atom. The van der Waals surface area contributed by atoms with Crippen molar-refractivity contribution in [1.29, 1.82) is 0 Å². The topological polar surface area (TPSA) is 111 Å². The number of benzene rings is 6. The number of phenolic OH excluding ortho intramolecular Hbond substituents is 2. The van der Waals surface area contributed by atoms with Gasteiger partial charge in [0.15, 0.2) is 0 Å². The number of nitrogens with two attached hydrogens (primary N) is 2. The van der Waals surface area contributed by atoms with E-state index < -0.39 is 5.41 Å². The molecule has 0 amide bonds. The molecule has 0 aromatic heterocycles. The minimum Gasteiger partial charge on any atom is -0.506 e. The maximum Gasteiger partial charge on any atom is 0.138 e. The summed E-state index contributed by atoms with van der Waals surface area (Å²) < 4.78 is 12.1. The molecule has 43 heavy (non-hydrogen) atoms. The lowest BCUT2D eigenvalue weighted by Crippen LogP contribution is -2.28. The molecule has 0 heterocycles. The third-order valence-corrected chi connectivity index (χ3v) is 8.00. The van der Waals surface area contributed by atoms with Crippen LogP contribution >= 0.6 is 0 Å². The molecule has 0 radical (unpaired) electrons. The van der Waals surface area contributed by atoms with E-state index in [2.05, 4.69) is 72.8 Å². The van der Waals surface area contributed by atoms with Crippen molar-refractivity contribution in [2.75, 3.05) is 11.5 Å². The first-order chi connectivity index (χ1) is 20.9. The molecule has 0 spiro atoms. The molecule has 210 valence electrons. The Balaban J connectivity index is 1.33. The average molecular weight is 565 g/mol. The van der Waals surface area contributed by atoms with Gasteiger partial charge in [0, 0.05) is 12.1 Å². The summed E-state index contributed by atoms with van der Waals surface area (Å²) in [7, 11) is 0. The van der Waals surface area contributed by atoms with Crippen molar-refractivity contribution in [3.63, 3.8) is 0 Å². The number of rotatable bonds is 6. The normalized spacial score (nSPS) is 12.7. The van der Waals surface area contributed by atoms with Crippen molar-refractivity contribution in [2.45, 2.75) is 5.41 Å². The first-order valence-corrected chi connectivity index (χ1v) is 13.9. The van der Waals surface area contributed by atoms with Gasteiger partial charge in [-0.1, -0.05) is 72.8 Å². The Labute approximate surface area is 249 Å². The Kier molecular flexibility index (Phi) is 6.17. The Hall–Kier alpha value is -5.88. The molecule has 6 N–H and O–H groups in total. The summed E-state index contributed by atoms with van der Waals surface area (Å²) in [4.78, 5) is 0. The molecule has 0 saturated carbocycles. The maximum atomic E-state index is 9.77. The summed E-state index contributed by atoms with van der Waals surface area (Å²) in [6, 6.07) is 42.9. The summed E-state index contributed by atoms with van der Waals surface area (Å²) in [5.74, 6) is 2.43. The summed E-state index contributed by atoms with van der Waals surface area (Å²) in [6.45, 7) is 0. The van der Waals surface area contributed by atoms with Crippen LogP contribution < -0.4 is 20.9 Å². The van der Waals surface area contributed by atoms with E-state index in [1.807, 2.05) is 24.3 Å². The summed E-state index contributed by atoms with van der Waals surface area (Å²) in [6.07, 6.45) is 0. The highest BCUT2D eigenvalue weighted by molar-refractivity contribution is 5.86. The Morgan fingerprint density at radius 3 is 1.21 bits per heavy atom. The zero-order valence-corrected chi connectivity index (χ0v) is 23.1. The van der Waals surface area contributed by atoms with Crippen LogP contribution in [0.2, 0.25) is 0 Å². The number of anilines is 2. The van der Waals surface area contributed by atoms with Gasteiger partial charge in [-0.3, -0.25) is 0 Å². The molecule has 7 rings (SSSR count). The summed E-state index contributed by atoms with van der Waals surface area (Å²) in [5, 5.41) is 19.5. The minimum absolute atomic E-state index is 0.0202. The molecular weight excluding hydrogens is 536 g/mol. The van der Waals surface area contributed by atoms with E-state index in [-0.39, 0.29) is 22.9 Å². The maximum absolute atomic E-state index is 9.77. The lowest BCUT2D eigenvalue weighted by molar-refractivity contribution is 0.466. The second-order valence-corrected chi connectivity index (χ2v) is 10.5. The second kappa shape index (κ2) is 10.2. The molecule has 0 bridgehead atoms. The van der Waals surface area contributed by atoms with Gasteiger partial charge in [0.05, 0.1) is 16.8 Å². The monoisotopic (exact) mass is 564 g/mol. The fraction of sp³-hybridized carbons (Fsp3) is 0.0270. The number of nitrogen functional groups attached to an aromatic ring is 2.